The van der Waals surface area contributed by atoms with E-state index in [-0.39, 0.29) is 0 Å². The van der Waals surface area contributed by atoms with Gasteiger partial charge in [-0.05, 0) is 46.8 Å². The van der Waals surface area contributed by atoms with E-state index in [9.17, 15) is 0 Å². The van der Waals surface area contributed by atoms with Crippen molar-refractivity contribution in [3.05, 3.63) is 83.4 Å². The molecule has 23 heavy (non-hydrogen) atoms. The number of benzene rings is 3. The Morgan fingerprint density at radius 2 is 1.39 bits per heavy atom. The van der Waals surface area contributed by atoms with Gasteiger partial charge in [0.05, 0.1) is 0 Å². The van der Waals surface area contributed by atoms with Gasteiger partial charge in [0.1, 0.15) is 0 Å². The van der Waals surface area contributed by atoms with E-state index in [1.54, 1.807) is 0 Å². The minimum absolute atomic E-state index is 0.406. The molecule has 0 heterocycles. The van der Waals surface area contributed by atoms with Crippen molar-refractivity contribution in [1.29, 1.82) is 0 Å². The van der Waals surface area contributed by atoms with Crippen LogP contribution in [0, 0.1) is 0 Å². The Kier molecular flexibility index (Phi) is 4.49. The molecule has 3 aromatic rings. The van der Waals surface area contributed by atoms with Gasteiger partial charge in [0.2, 0.25) is 0 Å². The summed E-state index contributed by atoms with van der Waals surface area (Å²) in [6.07, 6.45) is 2.14. The summed E-state index contributed by atoms with van der Waals surface area (Å²) >= 11 is 0. The molecule has 0 radical (unpaired) electrons. The van der Waals surface area contributed by atoms with Gasteiger partial charge in [0.15, 0.2) is 0 Å². The van der Waals surface area contributed by atoms with Crippen LogP contribution in [0.4, 0.5) is 0 Å². The lowest BCUT2D eigenvalue weighted by Crippen LogP contribution is -2.00. The van der Waals surface area contributed by atoms with Crippen LogP contribution in [0.2, 0.25) is 0 Å². The standard InChI is InChI=1S/C13H15N.C9H10/c14-10-4-8-12-7-3-6-11-5-1-2-9-13(11)12;1-9(2)7-5-3-4-6-8(7)9/h1-3,5-7,9H,4,8,10,14H2;3-6H,1-2H3. The predicted octanol–water partition coefficient (Wildman–Crippen LogP) is 5.06. The van der Waals surface area contributed by atoms with E-state index in [0.29, 0.717) is 5.41 Å². The summed E-state index contributed by atoms with van der Waals surface area (Å²) in [6, 6.07) is 23.6. The second kappa shape index (κ2) is 6.55. The van der Waals surface area contributed by atoms with Gasteiger partial charge in [-0.25, -0.2) is 0 Å². The largest absolute Gasteiger partial charge is 0.330 e. The van der Waals surface area contributed by atoms with Crippen LogP contribution in [0.15, 0.2) is 66.7 Å². The molecule has 0 bridgehead atoms. The number of aryl methyl sites for hydroxylation is 1. The van der Waals surface area contributed by atoms with Crippen molar-refractivity contribution < 1.29 is 0 Å². The highest BCUT2D eigenvalue weighted by Crippen LogP contribution is 2.48. The zero-order chi connectivity index (χ0) is 16.3. The van der Waals surface area contributed by atoms with E-state index < -0.39 is 0 Å². The quantitative estimate of drug-likeness (QED) is 0.719. The molecule has 0 saturated heterocycles. The lowest BCUT2D eigenvalue weighted by molar-refractivity contribution is 0.793. The highest BCUT2D eigenvalue weighted by atomic mass is 14.5. The van der Waals surface area contributed by atoms with Crippen LogP contribution >= 0.6 is 0 Å². The monoisotopic (exact) mass is 303 g/mol. The van der Waals surface area contributed by atoms with Gasteiger partial charge in [-0.1, -0.05) is 80.6 Å². The summed E-state index contributed by atoms with van der Waals surface area (Å²) in [7, 11) is 0. The molecule has 1 aliphatic carbocycles. The van der Waals surface area contributed by atoms with Crippen LogP contribution in [0.25, 0.3) is 10.8 Å². The lowest BCUT2D eigenvalue weighted by Gasteiger charge is -2.04. The average Bonchev–Trinajstić information content (AvgIpc) is 3.16. The normalized spacial score (nSPS) is 13.9. The highest BCUT2D eigenvalue weighted by molar-refractivity contribution is 5.85. The van der Waals surface area contributed by atoms with Gasteiger partial charge in [-0.3, -0.25) is 0 Å². The molecule has 0 fully saturated rings. The fourth-order valence-corrected chi connectivity index (χ4v) is 3.23. The van der Waals surface area contributed by atoms with Gasteiger partial charge >= 0.3 is 0 Å². The minimum Gasteiger partial charge on any atom is -0.330 e. The highest BCUT2D eigenvalue weighted by Gasteiger charge is 2.40. The molecule has 0 unspecified atom stereocenters. The number of hydrogen-bond acceptors (Lipinski definition) is 1. The fraction of sp³-hybridized carbons (Fsp3) is 0.273. The van der Waals surface area contributed by atoms with E-state index in [0.717, 1.165) is 19.4 Å². The zero-order valence-electron chi connectivity index (χ0n) is 14.0. The van der Waals surface area contributed by atoms with Crippen molar-refractivity contribution in [3.63, 3.8) is 0 Å². The molecule has 3 aromatic carbocycles. The Morgan fingerprint density at radius 3 is 2.04 bits per heavy atom. The third kappa shape index (κ3) is 3.30. The zero-order valence-corrected chi connectivity index (χ0v) is 14.0. The van der Waals surface area contributed by atoms with E-state index in [1.807, 2.05) is 0 Å². The van der Waals surface area contributed by atoms with Crippen molar-refractivity contribution in [2.75, 3.05) is 6.54 Å². The Morgan fingerprint density at radius 1 is 0.783 bits per heavy atom. The summed E-state index contributed by atoms with van der Waals surface area (Å²) in [5.41, 5.74) is 10.4. The second-order valence-electron chi connectivity index (χ2n) is 6.70. The maximum atomic E-state index is 5.52. The molecular weight excluding hydrogens is 278 g/mol. The van der Waals surface area contributed by atoms with Crippen LogP contribution in [-0.2, 0) is 11.8 Å². The van der Waals surface area contributed by atoms with Gasteiger partial charge in [-0.15, -0.1) is 0 Å². The van der Waals surface area contributed by atoms with E-state index in [1.165, 1.54) is 27.5 Å². The number of nitrogens with two attached hydrogens (primary N) is 1. The molecule has 0 atom stereocenters. The fourth-order valence-electron chi connectivity index (χ4n) is 3.23. The first-order valence-electron chi connectivity index (χ1n) is 8.41. The first-order chi connectivity index (χ1) is 11.1. The molecule has 1 aliphatic rings. The van der Waals surface area contributed by atoms with Crippen molar-refractivity contribution >= 4 is 10.8 Å². The van der Waals surface area contributed by atoms with Crippen LogP contribution in [0.5, 0.6) is 0 Å². The SMILES string of the molecule is CC1(C)c2ccccc21.NCCCc1cccc2ccccc12. The molecule has 0 aliphatic heterocycles. The molecule has 0 saturated carbocycles. The van der Waals surface area contributed by atoms with Crippen molar-refractivity contribution in [1.82, 2.24) is 0 Å². The molecular formula is C22H25N. The van der Waals surface area contributed by atoms with Crippen LogP contribution in [-0.4, -0.2) is 6.54 Å². The van der Waals surface area contributed by atoms with E-state index >= 15 is 0 Å². The number of rotatable bonds is 3. The number of hydrogen-bond donors (Lipinski definition) is 1. The van der Waals surface area contributed by atoms with Crippen molar-refractivity contribution in [2.45, 2.75) is 32.1 Å². The van der Waals surface area contributed by atoms with Gasteiger partial charge in [0.25, 0.3) is 0 Å². The summed E-state index contributed by atoms with van der Waals surface area (Å²) < 4.78 is 0. The lowest BCUT2D eigenvalue weighted by atomic mass is 10.0. The van der Waals surface area contributed by atoms with Gasteiger partial charge in [0, 0.05) is 5.41 Å². The first kappa shape index (κ1) is 15.8. The summed E-state index contributed by atoms with van der Waals surface area (Å²) in [5, 5.41) is 2.69. The van der Waals surface area contributed by atoms with E-state index in [4.69, 9.17) is 5.73 Å². The Balaban J connectivity index is 0.000000149. The van der Waals surface area contributed by atoms with Crippen LogP contribution in [0.1, 0.15) is 37.0 Å². The summed E-state index contributed by atoms with van der Waals surface area (Å²) in [6.45, 7) is 5.29. The number of fused-ring (bicyclic) bond motifs is 2. The van der Waals surface area contributed by atoms with Crippen molar-refractivity contribution in [3.8, 4) is 0 Å². The van der Waals surface area contributed by atoms with Crippen LogP contribution in [0.3, 0.4) is 0 Å². The molecule has 1 heteroatoms. The maximum absolute atomic E-state index is 5.52. The minimum atomic E-state index is 0.406. The predicted molar refractivity (Wildman–Crippen MR) is 99.9 cm³/mol. The Labute approximate surface area is 139 Å². The molecule has 2 N–H and O–H groups in total. The third-order valence-electron chi connectivity index (χ3n) is 4.74. The molecule has 0 amide bonds. The van der Waals surface area contributed by atoms with Crippen molar-refractivity contribution in [2.24, 2.45) is 5.73 Å². The van der Waals surface area contributed by atoms with Gasteiger partial charge in [-0.2, -0.15) is 0 Å². The average molecular weight is 303 g/mol. The molecule has 0 spiro atoms. The smallest absolute Gasteiger partial charge is 0.0152 e. The summed E-state index contributed by atoms with van der Waals surface area (Å²) in [4.78, 5) is 0. The second-order valence-corrected chi connectivity index (χ2v) is 6.70. The maximum Gasteiger partial charge on any atom is 0.0152 e. The third-order valence-corrected chi connectivity index (χ3v) is 4.74. The van der Waals surface area contributed by atoms with E-state index in [2.05, 4.69) is 80.6 Å². The topological polar surface area (TPSA) is 26.0 Å². The molecule has 4 rings (SSSR count). The summed E-state index contributed by atoms with van der Waals surface area (Å²) in [5.74, 6) is 0. The Hall–Kier alpha value is -2.12. The first-order valence-corrected chi connectivity index (χ1v) is 8.41. The molecule has 1 nitrogen and oxygen atoms in total. The molecule has 118 valence electrons. The van der Waals surface area contributed by atoms with Crippen LogP contribution < -0.4 is 5.73 Å². The van der Waals surface area contributed by atoms with Gasteiger partial charge < -0.3 is 5.73 Å². The molecule has 0 aromatic heterocycles. The Bertz CT molecular complexity index is 771.